The molecule has 2 aromatic rings. The lowest BCUT2D eigenvalue weighted by atomic mass is 10.2. The van der Waals surface area contributed by atoms with Crippen LogP contribution in [0.25, 0.3) is 0 Å². The summed E-state index contributed by atoms with van der Waals surface area (Å²) >= 11 is 0. The third-order valence-electron chi connectivity index (χ3n) is 4.42. The standard InChI is InChI=1S/C20H22FN3O2/c1-23(14-16-4-2-5-17(21)12-16)20(26)22-13-15-7-9-18(10-8-15)24-11-3-6-19(24)25/h2,4-5,7-10,12H,3,6,11,13-14H2,1H3,(H,22,26). The van der Waals surface area contributed by atoms with Crippen LogP contribution >= 0.6 is 0 Å². The topological polar surface area (TPSA) is 52.7 Å². The molecular formula is C20H22FN3O2. The second-order valence-corrected chi connectivity index (χ2v) is 6.46. The first-order valence-corrected chi connectivity index (χ1v) is 8.65. The monoisotopic (exact) mass is 355 g/mol. The van der Waals surface area contributed by atoms with Crippen LogP contribution in [0.3, 0.4) is 0 Å². The number of nitrogens with one attached hydrogen (secondary N) is 1. The molecule has 0 unspecified atom stereocenters. The van der Waals surface area contributed by atoms with Crippen LogP contribution in [0.2, 0.25) is 0 Å². The van der Waals surface area contributed by atoms with Crippen LogP contribution in [-0.2, 0) is 17.9 Å². The fraction of sp³-hybridized carbons (Fsp3) is 0.300. The normalized spacial score (nSPS) is 13.8. The number of urea groups is 1. The number of carbonyl (C=O) groups excluding carboxylic acids is 2. The summed E-state index contributed by atoms with van der Waals surface area (Å²) in [6.07, 6.45) is 1.50. The minimum Gasteiger partial charge on any atom is -0.334 e. The zero-order valence-corrected chi connectivity index (χ0v) is 14.7. The molecule has 0 aromatic heterocycles. The number of rotatable bonds is 5. The fourth-order valence-electron chi connectivity index (χ4n) is 3.01. The molecule has 1 saturated heterocycles. The molecule has 1 fully saturated rings. The molecule has 0 aliphatic carbocycles. The lowest BCUT2D eigenvalue weighted by Crippen LogP contribution is -2.36. The Hall–Kier alpha value is -2.89. The second kappa shape index (κ2) is 7.99. The lowest BCUT2D eigenvalue weighted by Gasteiger charge is -2.19. The molecule has 6 heteroatoms. The third-order valence-corrected chi connectivity index (χ3v) is 4.42. The summed E-state index contributed by atoms with van der Waals surface area (Å²) in [6, 6.07) is 13.6. The van der Waals surface area contributed by atoms with Crippen molar-refractivity contribution in [2.75, 3.05) is 18.5 Å². The number of halogens is 1. The van der Waals surface area contributed by atoms with Gasteiger partial charge in [0.15, 0.2) is 0 Å². The van der Waals surface area contributed by atoms with Crippen LogP contribution in [-0.4, -0.2) is 30.4 Å². The highest BCUT2D eigenvalue weighted by Gasteiger charge is 2.21. The number of benzene rings is 2. The third kappa shape index (κ3) is 4.39. The van der Waals surface area contributed by atoms with Gasteiger partial charge in [0.2, 0.25) is 5.91 Å². The first kappa shape index (κ1) is 17.9. The largest absolute Gasteiger partial charge is 0.334 e. The molecule has 0 bridgehead atoms. The van der Waals surface area contributed by atoms with Crippen molar-refractivity contribution in [3.8, 4) is 0 Å². The van der Waals surface area contributed by atoms with Crippen LogP contribution in [0.4, 0.5) is 14.9 Å². The van der Waals surface area contributed by atoms with Crippen molar-refractivity contribution < 1.29 is 14.0 Å². The zero-order chi connectivity index (χ0) is 18.5. The molecule has 0 atom stereocenters. The van der Waals surface area contributed by atoms with E-state index >= 15 is 0 Å². The zero-order valence-electron chi connectivity index (χ0n) is 14.7. The van der Waals surface area contributed by atoms with E-state index in [1.54, 1.807) is 24.1 Å². The van der Waals surface area contributed by atoms with Gasteiger partial charge >= 0.3 is 6.03 Å². The average molecular weight is 355 g/mol. The highest BCUT2D eigenvalue weighted by atomic mass is 19.1. The van der Waals surface area contributed by atoms with Gasteiger partial charge in [0.1, 0.15) is 5.82 Å². The van der Waals surface area contributed by atoms with Gasteiger partial charge in [-0.15, -0.1) is 0 Å². The van der Waals surface area contributed by atoms with E-state index in [4.69, 9.17) is 0 Å². The smallest absolute Gasteiger partial charge is 0.317 e. The van der Waals surface area contributed by atoms with Crippen molar-refractivity contribution >= 4 is 17.6 Å². The maximum Gasteiger partial charge on any atom is 0.317 e. The molecule has 5 nitrogen and oxygen atoms in total. The number of carbonyl (C=O) groups is 2. The van der Waals surface area contributed by atoms with E-state index in [0.29, 0.717) is 19.5 Å². The number of nitrogens with zero attached hydrogens (tertiary/aromatic N) is 2. The van der Waals surface area contributed by atoms with E-state index < -0.39 is 0 Å². The molecule has 0 spiro atoms. The Morgan fingerprint density at radius 1 is 1.19 bits per heavy atom. The van der Waals surface area contributed by atoms with E-state index in [0.717, 1.165) is 29.8 Å². The van der Waals surface area contributed by atoms with E-state index in [1.807, 2.05) is 24.3 Å². The maximum absolute atomic E-state index is 13.2. The predicted molar refractivity (Wildman–Crippen MR) is 98.1 cm³/mol. The Kier molecular flexibility index (Phi) is 5.51. The van der Waals surface area contributed by atoms with Crippen molar-refractivity contribution in [3.05, 3.63) is 65.5 Å². The van der Waals surface area contributed by atoms with E-state index in [1.165, 1.54) is 17.0 Å². The Morgan fingerprint density at radius 2 is 1.96 bits per heavy atom. The van der Waals surface area contributed by atoms with Gasteiger partial charge in [0.05, 0.1) is 0 Å². The van der Waals surface area contributed by atoms with Gasteiger partial charge in [-0.3, -0.25) is 4.79 Å². The van der Waals surface area contributed by atoms with Crippen molar-refractivity contribution in [2.45, 2.75) is 25.9 Å². The van der Waals surface area contributed by atoms with Crippen molar-refractivity contribution in [2.24, 2.45) is 0 Å². The molecular weight excluding hydrogens is 333 g/mol. The van der Waals surface area contributed by atoms with Gasteiger partial charge in [-0.05, 0) is 41.8 Å². The number of hydrogen-bond donors (Lipinski definition) is 1. The quantitative estimate of drug-likeness (QED) is 0.895. The van der Waals surface area contributed by atoms with Crippen molar-refractivity contribution in [1.82, 2.24) is 10.2 Å². The van der Waals surface area contributed by atoms with E-state index in [2.05, 4.69) is 5.32 Å². The minimum absolute atomic E-state index is 0.157. The van der Waals surface area contributed by atoms with Gasteiger partial charge in [-0.2, -0.15) is 0 Å². The number of amides is 3. The maximum atomic E-state index is 13.2. The van der Waals surface area contributed by atoms with Crippen LogP contribution in [0.1, 0.15) is 24.0 Å². The molecule has 2 aromatic carbocycles. The molecule has 1 aliphatic heterocycles. The Bertz CT molecular complexity index is 792. The SMILES string of the molecule is CN(Cc1cccc(F)c1)C(=O)NCc1ccc(N2CCCC2=O)cc1. The molecule has 0 radical (unpaired) electrons. The second-order valence-electron chi connectivity index (χ2n) is 6.46. The molecule has 1 aliphatic rings. The molecule has 26 heavy (non-hydrogen) atoms. The molecule has 1 heterocycles. The highest BCUT2D eigenvalue weighted by molar-refractivity contribution is 5.95. The van der Waals surface area contributed by atoms with Crippen molar-refractivity contribution in [3.63, 3.8) is 0 Å². The summed E-state index contributed by atoms with van der Waals surface area (Å²) in [4.78, 5) is 27.2. The Labute approximate surface area is 152 Å². The Morgan fingerprint density at radius 3 is 2.62 bits per heavy atom. The van der Waals surface area contributed by atoms with Crippen LogP contribution in [0.15, 0.2) is 48.5 Å². The van der Waals surface area contributed by atoms with Crippen molar-refractivity contribution in [1.29, 1.82) is 0 Å². The van der Waals surface area contributed by atoms with E-state index in [-0.39, 0.29) is 17.8 Å². The Balaban J connectivity index is 1.51. The van der Waals surface area contributed by atoms with Gasteiger partial charge in [0.25, 0.3) is 0 Å². The van der Waals surface area contributed by atoms with Crippen LogP contribution in [0, 0.1) is 5.82 Å². The average Bonchev–Trinajstić information content (AvgIpc) is 3.06. The van der Waals surface area contributed by atoms with Gasteiger partial charge < -0.3 is 15.1 Å². The summed E-state index contributed by atoms with van der Waals surface area (Å²) < 4.78 is 13.2. The number of anilines is 1. The summed E-state index contributed by atoms with van der Waals surface area (Å²) in [6.45, 7) is 1.49. The number of hydrogen-bond acceptors (Lipinski definition) is 2. The van der Waals surface area contributed by atoms with Gasteiger partial charge in [-0.25, -0.2) is 9.18 Å². The van der Waals surface area contributed by atoms with Gasteiger partial charge in [0, 0.05) is 38.8 Å². The van der Waals surface area contributed by atoms with E-state index in [9.17, 15) is 14.0 Å². The molecule has 0 saturated carbocycles. The highest BCUT2D eigenvalue weighted by Crippen LogP contribution is 2.21. The molecule has 3 amide bonds. The summed E-state index contributed by atoms with van der Waals surface area (Å²) in [5.74, 6) is -0.155. The van der Waals surface area contributed by atoms with Crippen LogP contribution < -0.4 is 10.2 Å². The fourth-order valence-corrected chi connectivity index (χ4v) is 3.01. The minimum atomic E-state index is -0.312. The predicted octanol–water partition coefficient (Wildman–Crippen LogP) is 3.29. The first-order chi connectivity index (χ1) is 12.5. The summed E-state index contributed by atoms with van der Waals surface area (Å²) in [7, 11) is 1.67. The molecule has 136 valence electrons. The molecule has 1 N–H and O–H groups in total. The molecule has 3 rings (SSSR count). The van der Waals surface area contributed by atoms with Gasteiger partial charge in [-0.1, -0.05) is 24.3 Å². The summed E-state index contributed by atoms with van der Waals surface area (Å²) in [5, 5.41) is 2.84. The first-order valence-electron chi connectivity index (χ1n) is 8.65. The lowest BCUT2D eigenvalue weighted by molar-refractivity contribution is -0.117. The summed E-state index contributed by atoms with van der Waals surface area (Å²) in [5.41, 5.74) is 2.58. The van der Waals surface area contributed by atoms with Crippen LogP contribution in [0.5, 0.6) is 0 Å².